The van der Waals surface area contributed by atoms with Gasteiger partial charge in [0.25, 0.3) is 0 Å². The lowest BCUT2D eigenvalue weighted by molar-refractivity contribution is -0.120. The summed E-state index contributed by atoms with van der Waals surface area (Å²) in [6.45, 7) is 5.89. The lowest BCUT2D eigenvalue weighted by Crippen LogP contribution is -2.41. The molecule has 1 amide bonds. The van der Waals surface area contributed by atoms with E-state index in [0.717, 1.165) is 25.1 Å². The quantitative estimate of drug-likeness (QED) is 0.936. The number of carbonyl (C=O) groups is 1. The number of hydrogen-bond acceptors (Lipinski definition) is 4. The fourth-order valence-electron chi connectivity index (χ4n) is 3.02. The van der Waals surface area contributed by atoms with Crippen molar-refractivity contribution in [2.75, 3.05) is 23.3 Å². The van der Waals surface area contributed by atoms with Gasteiger partial charge in [-0.05, 0) is 42.5 Å². The Hall–Kier alpha value is -2.43. The predicted molar refractivity (Wildman–Crippen MR) is 96.1 cm³/mol. The largest absolute Gasteiger partial charge is 0.340 e. The molecule has 126 valence electrons. The first-order chi connectivity index (χ1) is 11.6. The van der Waals surface area contributed by atoms with Crippen LogP contribution in [0.5, 0.6) is 0 Å². The van der Waals surface area contributed by atoms with Gasteiger partial charge in [-0.15, -0.1) is 0 Å². The van der Waals surface area contributed by atoms with Gasteiger partial charge in [-0.1, -0.05) is 26.0 Å². The van der Waals surface area contributed by atoms with Gasteiger partial charge in [0.2, 0.25) is 11.9 Å². The Morgan fingerprint density at radius 3 is 2.58 bits per heavy atom. The SMILES string of the molecule is CC(C)c1ccc(NC(=O)C2CCCN(c3ncccn3)C2)cc1. The molecule has 1 fully saturated rings. The molecule has 0 spiro atoms. The summed E-state index contributed by atoms with van der Waals surface area (Å²) in [6.07, 6.45) is 5.35. The van der Waals surface area contributed by atoms with Crippen molar-refractivity contribution >= 4 is 17.5 Å². The van der Waals surface area contributed by atoms with Gasteiger partial charge in [0.15, 0.2) is 0 Å². The van der Waals surface area contributed by atoms with Crippen LogP contribution in [0.3, 0.4) is 0 Å². The minimum absolute atomic E-state index is 0.0349. The lowest BCUT2D eigenvalue weighted by atomic mass is 9.97. The molecule has 0 aliphatic carbocycles. The maximum absolute atomic E-state index is 12.6. The van der Waals surface area contributed by atoms with Gasteiger partial charge in [0, 0.05) is 31.2 Å². The molecule has 24 heavy (non-hydrogen) atoms. The normalized spacial score (nSPS) is 17.8. The fourth-order valence-corrected chi connectivity index (χ4v) is 3.02. The van der Waals surface area contributed by atoms with Crippen LogP contribution in [0, 0.1) is 5.92 Å². The highest BCUT2D eigenvalue weighted by Gasteiger charge is 2.27. The van der Waals surface area contributed by atoms with Crippen molar-refractivity contribution in [1.29, 1.82) is 0 Å². The molecule has 2 aromatic rings. The number of aromatic nitrogens is 2. The standard InChI is InChI=1S/C19H24N4O/c1-14(2)15-6-8-17(9-7-15)22-18(24)16-5-3-12-23(13-16)19-20-10-4-11-21-19/h4,6-11,14,16H,3,5,12-13H2,1-2H3,(H,22,24). The number of hydrogen-bond donors (Lipinski definition) is 1. The summed E-state index contributed by atoms with van der Waals surface area (Å²) >= 11 is 0. The van der Waals surface area contributed by atoms with Crippen LogP contribution < -0.4 is 10.2 Å². The number of amides is 1. The third kappa shape index (κ3) is 3.91. The first kappa shape index (κ1) is 16.4. The molecule has 1 unspecified atom stereocenters. The Labute approximate surface area is 143 Å². The van der Waals surface area contributed by atoms with Gasteiger partial charge >= 0.3 is 0 Å². The van der Waals surface area contributed by atoms with E-state index < -0.39 is 0 Å². The maximum Gasteiger partial charge on any atom is 0.229 e. The van der Waals surface area contributed by atoms with Gasteiger partial charge in [-0.2, -0.15) is 0 Å². The second-order valence-electron chi connectivity index (χ2n) is 6.60. The third-order valence-electron chi connectivity index (χ3n) is 4.47. The van der Waals surface area contributed by atoms with Crippen molar-refractivity contribution in [3.63, 3.8) is 0 Å². The van der Waals surface area contributed by atoms with E-state index in [0.29, 0.717) is 18.4 Å². The van der Waals surface area contributed by atoms with Crippen LogP contribution in [-0.4, -0.2) is 29.0 Å². The lowest BCUT2D eigenvalue weighted by Gasteiger charge is -2.31. The van der Waals surface area contributed by atoms with Gasteiger partial charge in [0.05, 0.1) is 5.92 Å². The molecule has 1 N–H and O–H groups in total. The molecule has 0 bridgehead atoms. The van der Waals surface area contributed by atoms with Gasteiger partial charge in [-0.3, -0.25) is 4.79 Å². The predicted octanol–water partition coefficient (Wildman–Crippen LogP) is 3.46. The molecule has 5 heteroatoms. The Morgan fingerprint density at radius 2 is 1.92 bits per heavy atom. The number of nitrogens with one attached hydrogen (secondary N) is 1. The summed E-state index contributed by atoms with van der Waals surface area (Å²) in [5, 5.41) is 3.04. The highest BCUT2D eigenvalue weighted by molar-refractivity contribution is 5.93. The van der Waals surface area contributed by atoms with Gasteiger partial charge < -0.3 is 10.2 Å². The van der Waals surface area contributed by atoms with Crippen molar-refractivity contribution in [3.05, 3.63) is 48.3 Å². The Kier molecular flexibility index (Phi) is 5.08. The number of anilines is 2. The van der Waals surface area contributed by atoms with Crippen LogP contribution in [0.15, 0.2) is 42.7 Å². The number of rotatable bonds is 4. The molecule has 1 atom stereocenters. The van der Waals surface area contributed by atoms with Crippen molar-refractivity contribution in [1.82, 2.24) is 9.97 Å². The second-order valence-corrected chi connectivity index (χ2v) is 6.60. The highest BCUT2D eigenvalue weighted by Crippen LogP contribution is 2.22. The number of nitrogens with zero attached hydrogens (tertiary/aromatic N) is 3. The summed E-state index contributed by atoms with van der Waals surface area (Å²) < 4.78 is 0. The monoisotopic (exact) mass is 324 g/mol. The zero-order valence-corrected chi connectivity index (χ0v) is 14.3. The van der Waals surface area contributed by atoms with E-state index in [4.69, 9.17) is 0 Å². The third-order valence-corrected chi connectivity index (χ3v) is 4.47. The van der Waals surface area contributed by atoms with E-state index in [1.54, 1.807) is 18.5 Å². The first-order valence-corrected chi connectivity index (χ1v) is 8.56. The van der Waals surface area contributed by atoms with Crippen LogP contribution >= 0.6 is 0 Å². The van der Waals surface area contributed by atoms with E-state index in [2.05, 4.69) is 46.2 Å². The average Bonchev–Trinajstić information content (AvgIpc) is 2.63. The summed E-state index contributed by atoms with van der Waals surface area (Å²) in [5.41, 5.74) is 2.13. The Morgan fingerprint density at radius 1 is 1.21 bits per heavy atom. The molecule has 1 saturated heterocycles. The zero-order chi connectivity index (χ0) is 16.9. The van der Waals surface area contributed by atoms with E-state index in [-0.39, 0.29) is 11.8 Å². The fraction of sp³-hybridized carbons (Fsp3) is 0.421. The van der Waals surface area contributed by atoms with Crippen LogP contribution in [0.1, 0.15) is 38.2 Å². The van der Waals surface area contributed by atoms with Crippen LogP contribution in [0.2, 0.25) is 0 Å². The highest BCUT2D eigenvalue weighted by atomic mass is 16.1. The van der Waals surface area contributed by atoms with Crippen LogP contribution in [0.25, 0.3) is 0 Å². The summed E-state index contributed by atoms with van der Waals surface area (Å²) in [5.74, 6) is 1.24. The molecule has 0 saturated carbocycles. The summed E-state index contributed by atoms with van der Waals surface area (Å²) in [6, 6.07) is 9.91. The average molecular weight is 324 g/mol. The van der Waals surface area contributed by atoms with Gasteiger partial charge in [-0.25, -0.2) is 9.97 Å². The topological polar surface area (TPSA) is 58.1 Å². The van der Waals surface area contributed by atoms with Gasteiger partial charge in [0.1, 0.15) is 0 Å². The molecule has 5 nitrogen and oxygen atoms in total. The number of piperidine rings is 1. The Bertz CT molecular complexity index is 670. The first-order valence-electron chi connectivity index (χ1n) is 8.56. The minimum atomic E-state index is -0.0349. The second kappa shape index (κ2) is 7.43. The number of benzene rings is 1. The Balaban J connectivity index is 1.62. The van der Waals surface area contributed by atoms with E-state index >= 15 is 0 Å². The molecule has 1 aliphatic heterocycles. The van der Waals surface area contributed by atoms with Crippen LogP contribution in [0.4, 0.5) is 11.6 Å². The van der Waals surface area contributed by atoms with E-state index in [1.807, 2.05) is 12.1 Å². The van der Waals surface area contributed by atoms with Crippen molar-refractivity contribution in [3.8, 4) is 0 Å². The molecule has 1 aromatic heterocycles. The summed E-state index contributed by atoms with van der Waals surface area (Å²) in [4.78, 5) is 23.3. The maximum atomic E-state index is 12.6. The molecule has 3 rings (SSSR count). The molecule has 1 aromatic carbocycles. The molecular weight excluding hydrogens is 300 g/mol. The van der Waals surface area contributed by atoms with Crippen molar-refractivity contribution in [2.24, 2.45) is 5.92 Å². The smallest absolute Gasteiger partial charge is 0.229 e. The molecule has 1 aliphatic rings. The molecular formula is C19H24N4O. The summed E-state index contributed by atoms with van der Waals surface area (Å²) in [7, 11) is 0. The molecule has 0 radical (unpaired) electrons. The zero-order valence-electron chi connectivity index (χ0n) is 14.3. The van der Waals surface area contributed by atoms with Crippen LogP contribution in [-0.2, 0) is 4.79 Å². The molecule has 2 heterocycles. The number of carbonyl (C=O) groups excluding carboxylic acids is 1. The van der Waals surface area contributed by atoms with Crippen molar-refractivity contribution in [2.45, 2.75) is 32.6 Å². The minimum Gasteiger partial charge on any atom is -0.340 e. The van der Waals surface area contributed by atoms with E-state index in [1.165, 1.54) is 5.56 Å². The van der Waals surface area contributed by atoms with Crippen molar-refractivity contribution < 1.29 is 4.79 Å². The van der Waals surface area contributed by atoms with E-state index in [9.17, 15) is 4.79 Å².